The molecule has 0 aromatic heterocycles. The molecule has 244 valence electrons. The molecule has 2 aliphatic carbocycles. The number of hydrogen-bond donors (Lipinski definition) is 0. The number of anilines is 2. The third kappa shape index (κ3) is 4.54. The lowest BCUT2D eigenvalue weighted by atomic mass is 9.82. The van der Waals surface area contributed by atoms with E-state index in [0.29, 0.717) is 5.92 Å². The van der Waals surface area contributed by atoms with Crippen molar-refractivity contribution >= 4 is 60.0 Å². The Kier molecular flexibility index (Phi) is 6.64. The molecular formula is C50H39N. The molecule has 0 N–H and O–H groups in total. The third-order valence-corrected chi connectivity index (χ3v) is 11.5. The second-order valence-electron chi connectivity index (χ2n) is 15.0. The lowest BCUT2D eigenvalue weighted by Crippen LogP contribution is -2.22. The second kappa shape index (κ2) is 11.3. The zero-order chi connectivity index (χ0) is 34.3. The van der Waals surface area contributed by atoms with Gasteiger partial charge in [0.1, 0.15) is 0 Å². The summed E-state index contributed by atoms with van der Waals surface area (Å²) in [5.74, 6) is 0.347. The van der Waals surface area contributed by atoms with Crippen LogP contribution in [0.3, 0.4) is 0 Å². The normalized spacial score (nSPS) is 16.3. The number of benzene rings is 8. The molecule has 1 atom stereocenters. The van der Waals surface area contributed by atoms with Crippen molar-refractivity contribution in [3.05, 3.63) is 186 Å². The Morgan fingerprint density at radius 2 is 1.08 bits per heavy atom. The number of hydrogen-bond acceptors (Lipinski definition) is 1. The lowest BCUT2D eigenvalue weighted by Gasteiger charge is -2.34. The van der Waals surface area contributed by atoms with Gasteiger partial charge in [-0.3, -0.25) is 0 Å². The van der Waals surface area contributed by atoms with Gasteiger partial charge in [-0.25, -0.2) is 0 Å². The summed E-state index contributed by atoms with van der Waals surface area (Å²) < 4.78 is 0. The van der Waals surface area contributed by atoms with Crippen LogP contribution in [0.1, 0.15) is 43.9 Å². The van der Waals surface area contributed by atoms with Gasteiger partial charge in [0.25, 0.3) is 0 Å². The molecule has 8 aromatic rings. The van der Waals surface area contributed by atoms with E-state index in [1.54, 1.807) is 0 Å². The highest BCUT2D eigenvalue weighted by Crippen LogP contribution is 2.55. The summed E-state index contributed by atoms with van der Waals surface area (Å²) in [4.78, 5) is 2.62. The first kappa shape index (κ1) is 29.9. The van der Waals surface area contributed by atoms with E-state index in [-0.39, 0.29) is 5.41 Å². The Labute approximate surface area is 299 Å². The molecule has 2 aliphatic rings. The first-order valence-corrected chi connectivity index (χ1v) is 18.2. The molecule has 0 amide bonds. The van der Waals surface area contributed by atoms with Crippen molar-refractivity contribution in [3.63, 3.8) is 0 Å². The zero-order valence-corrected chi connectivity index (χ0v) is 29.3. The minimum atomic E-state index is -0.0949. The minimum absolute atomic E-state index is 0.0949. The van der Waals surface area contributed by atoms with Crippen molar-refractivity contribution in [2.75, 3.05) is 4.90 Å². The summed E-state index contributed by atoms with van der Waals surface area (Å²) >= 11 is 0. The standard InChI is InChI=1S/C50H39N/c1-32-27-35(44-30-33-15-4-6-17-37(33)39-19-8-9-21-41(39)44)29-36(28-32)51(48-31-34-16-5-7-18-38(34)40-20-10-11-22-42(40)48)47-26-14-25-46-49(47)43-23-12-13-24-45(43)50(46,2)3/h4-27,29-32H,28H2,1-3H3. The maximum Gasteiger partial charge on any atom is 0.0543 e. The van der Waals surface area contributed by atoms with Crippen LogP contribution in [0, 0.1) is 5.92 Å². The van der Waals surface area contributed by atoms with E-state index in [9.17, 15) is 0 Å². The molecule has 0 saturated heterocycles. The van der Waals surface area contributed by atoms with Crippen LogP contribution in [-0.4, -0.2) is 0 Å². The van der Waals surface area contributed by atoms with Gasteiger partial charge in [0.05, 0.1) is 11.4 Å². The number of allylic oxidation sites excluding steroid dienone is 4. The van der Waals surface area contributed by atoms with Crippen LogP contribution in [0.4, 0.5) is 11.4 Å². The Morgan fingerprint density at radius 1 is 0.510 bits per heavy atom. The van der Waals surface area contributed by atoms with Crippen molar-refractivity contribution in [2.45, 2.75) is 32.6 Å². The molecule has 0 heterocycles. The smallest absolute Gasteiger partial charge is 0.0543 e. The fraction of sp³-hybridized carbons (Fsp3) is 0.120. The molecule has 1 heteroatoms. The van der Waals surface area contributed by atoms with Crippen molar-refractivity contribution in [1.82, 2.24) is 0 Å². The zero-order valence-electron chi connectivity index (χ0n) is 29.3. The number of rotatable bonds is 4. The summed E-state index contributed by atoms with van der Waals surface area (Å²) in [6.07, 6.45) is 5.92. The van der Waals surface area contributed by atoms with Crippen LogP contribution in [0.2, 0.25) is 0 Å². The van der Waals surface area contributed by atoms with Gasteiger partial charge in [0.15, 0.2) is 0 Å². The summed E-state index contributed by atoms with van der Waals surface area (Å²) in [5.41, 5.74) is 11.7. The molecule has 1 nitrogen and oxygen atoms in total. The molecule has 0 bridgehead atoms. The molecule has 0 spiro atoms. The summed E-state index contributed by atoms with van der Waals surface area (Å²) in [5, 5.41) is 10.3. The quantitative estimate of drug-likeness (QED) is 0.171. The van der Waals surface area contributed by atoms with Crippen LogP contribution in [-0.2, 0) is 5.41 Å². The summed E-state index contributed by atoms with van der Waals surface area (Å²) in [6, 6.07) is 56.4. The fourth-order valence-electron chi connectivity index (χ4n) is 9.18. The van der Waals surface area contributed by atoms with E-state index in [2.05, 4.69) is 189 Å². The molecule has 51 heavy (non-hydrogen) atoms. The first-order chi connectivity index (χ1) is 25.0. The van der Waals surface area contributed by atoms with E-state index in [0.717, 1.165) is 6.42 Å². The van der Waals surface area contributed by atoms with E-state index in [1.165, 1.54) is 93.6 Å². The average Bonchev–Trinajstić information content (AvgIpc) is 3.41. The van der Waals surface area contributed by atoms with Crippen LogP contribution in [0.15, 0.2) is 170 Å². The van der Waals surface area contributed by atoms with E-state index in [1.807, 2.05) is 0 Å². The number of fused-ring (bicyclic) bond motifs is 9. The highest BCUT2D eigenvalue weighted by atomic mass is 15.2. The topological polar surface area (TPSA) is 3.24 Å². The maximum atomic E-state index is 2.62. The third-order valence-electron chi connectivity index (χ3n) is 11.5. The molecule has 8 aromatic carbocycles. The van der Waals surface area contributed by atoms with Crippen LogP contribution in [0.5, 0.6) is 0 Å². The van der Waals surface area contributed by atoms with Gasteiger partial charge in [-0.05, 0) is 102 Å². The van der Waals surface area contributed by atoms with Gasteiger partial charge in [-0.15, -0.1) is 0 Å². The van der Waals surface area contributed by atoms with Crippen LogP contribution >= 0.6 is 0 Å². The Morgan fingerprint density at radius 3 is 1.82 bits per heavy atom. The van der Waals surface area contributed by atoms with Crippen molar-refractivity contribution < 1.29 is 0 Å². The van der Waals surface area contributed by atoms with E-state index >= 15 is 0 Å². The Hall–Kier alpha value is -5.92. The lowest BCUT2D eigenvalue weighted by molar-refractivity contribution is 0.660. The van der Waals surface area contributed by atoms with Gasteiger partial charge in [0.2, 0.25) is 0 Å². The van der Waals surface area contributed by atoms with Crippen molar-refractivity contribution in [2.24, 2.45) is 5.92 Å². The van der Waals surface area contributed by atoms with Crippen LogP contribution in [0.25, 0.3) is 59.8 Å². The molecule has 0 fully saturated rings. The molecular weight excluding hydrogens is 615 g/mol. The van der Waals surface area contributed by atoms with Crippen LogP contribution < -0.4 is 4.90 Å². The minimum Gasteiger partial charge on any atom is -0.313 e. The molecule has 0 radical (unpaired) electrons. The largest absolute Gasteiger partial charge is 0.313 e. The van der Waals surface area contributed by atoms with Crippen molar-refractivity contribution in [3.8, 4) is 11.1 Å². The number of nitrogens with zero attached hydrogens (tertiary/aromatic N) is 1. The SMILES string of the molecule is CC1C=C(c2cc3ccccc3c3ccccc23)C=C(N(c2cccc3c2-c2ccccc2C3(C)C)c2cc3ccccc3c3ccccc23)C1. The predicted octanol–water partition coefficient (Wildman–Crippen LogP) is 13.8. The summed E-state index contributed by atoms with van der Waals surface area (Å²) in [7, 11) is 0. The van der Waals surface area contributed by atoms with Gasteiger partial charge >= 0.3 is 0 Å². The van der Waals surface area contributed by atoms with Gasteiger partial charge in [-0.1, -0.05) is 160 Å². The maximum absolute atomic E-state index is 2.62. The molecule has 0 aliphatic heterocycles. The second-order valence-corrected chi connectivity index (χ2v) is 15.0. The van der Waals surface area contributed by atoms with E-state index in [4.69, 9.17) is 0 Å². The van der Waals surface area contributed by atoms with Gasteiger partial charge < -0.3 is 4.90 Å². The fourth-order valence-corrected chi connectivity index (χ4v) is 9.18. The molecule has 0 saturated carbocycles. The van der Waals surface area contributed by atoms with Crippen molar-refractivity contribution in [1.29, 1.82) is 0 Å². The van der Waals surface area contributed by atoms with E-state index < -0.39 is 0 Å². The molecule has 1 unspecified atom stereocenters. The van der Waals surface area contributed by atoms with Gasteiger partial charge in [-0.2, -0.15) is 0 Å². The average molecular weight is 654 g/mol. The molecule has 10 rings (SSSR count). The Bertz CT molecular complexity index is 2780. The highest BCUT2D eigenvalue weighted by Gasteiger charge is 2.38. The van der Waals surface area contributed by atoms with Gasteiger partial charge in [0, 0.05) is 22.1 Å². The Balaban J connectivity index is 1.28. The highest BCUT2D eigenvalue weighted by molar-refractivity contribution is 6.15. The summed E-state index contributed by atoms with van der Waals surface area (Å²) in [6.45, 7) is 7.14. The monoisotopic (exact) mass is 653 g/mol. The predicted molar refractivity (Wildman–Crippen MR) is 219 cm³/mol. The first-order valence-electron chi connectivity index (χ1n) is 18.2.